The number of nitrogens with one attached hydrogen (secondary N) is 1. The van der Waals surface area contributed by atoms with Crippen LogP contribution in [0.1, 0.15) is 40.0 Å². The smallest absolute Gasteiger partial charge is 0.252 e. The zero-order valence-electron chi connectivity index (χ0n) is 16.9. The first-order chi connectivity index (χ1) is 14.0. The largest absolute Gasteiger partial charge is 0.345 e. The molecule has 0 saturated carbocycles. The Morgan fingerprint density at radius 2 is 1.62 bits per heavy atom. The minimum Gasteiger partial charge on any atom is -0.345 e. The van der Waals surface area contributed by atoms with Gasteiger partial charge in [0.05, 0.1) is 22.8 Å². The molecule has 0 saturated heterocycles. The Labute approximate surface area is 171 Å². The van der Waals surface area contributed by atoms with Crippen LogP contribution in [0.5, 0.6) is 0 Å². The van der Waals surface area contributed by atoms with E-state index in [1.807, 2.05) is 67.6 Å². The third-order valence-corrected chi connectivity index (χ3v) is 5.27. The van der Waals surface area contributed by atoms with Gasteiger partial charge in [-0.15, -0.1) is 0 Å². The summed E-state index contributed by atoms with van der Waals surface area (Å²) in [6, 6.07) is 25.9. The average molecular weight is 380 g/mol. The molecule has 0 aliphatic carbocycles. The van der Waals surface area contributed by atoms with Gasteiger partial charge in [0.25, 0.3) is 5.91 Å². The molecule has 0 spiro atoms. The topological polar surface area (TPSA) is 42.0 Å². The van der Waals surface area contributed by atoms with Gasteiger partial charge in [-0.25, -0.2) is 4.98 Å². The van der Waals surface area contributed by atoms with Crippen LogP contribution in [0.15, 0.2) is 78.9 Å². The first-order valence-corrected chi connectivity index (χ1v) is 9.86. The van der Waals surface area contributed by atoms with Crippen molar-refractivity contribution in [3.63, 3.8) is 0 Å². The fourth-order valence-electron chi connectivity index (χ4n) is 3.70. The lowest BCUT2D eigenvalue weighted by Gasteiger charge is -2.16. The Balaban J connectivity index is 1.77. The van der Waals surface area contributed by atoms with Crippen LogP contribution in [0.4, 0.5) is 0 Å². The molecule has 3 heteroatoms. The normalized spacial score (nSPS) is 12.0. The number of aromatic nitrogens is 1. The van der Waals surface area contributed by atoms with Gasteiger partial charge in [0.1, 0.15) is 0 Å². The molecule has 1 aromatic heterocycles. The summed E-state index contributed by atoms with van der Waals surface area (Å²) in [5, 5.41) is 4.00. The minimum absolute atomic E-state index is 0.0832. The number of aryl methyl sites for hydroxylation is 2. The summed E-state index contributed by atoms with van der Waals surface area (Å²) in [7, 11) is 0. The van der Waals surface area contributed by atoms with Crippen molar-refractivity contribution in [3.05, 3.63) is 101 Å². The van der Waals surface area contributed by atoms with E-state index in [-0.39, 0.29) is 11.9 Å². The maximum atomic E-state index is 13.2. The molecule has 29 heavy (non-hydrogen) atoms. The number of hydrogen-bond donors (Lipinski definition) is 1. The van der Waals surface area contributed by atoms with E-state index in [1.54, 1.807) is 0 Å². The Morgan fingerprint density at radius 3 is 2.38 bits per heavy atom. The van der Waals surface area contributed by atoms with E-state index in [1.165, 1.54) is 5.56 Å². The molecule has 0 aliphatic heterocycles. The summed E-state index contributed by atoms with van der Waals surface area (Å²) >= 11 is 0. The molecule has 3 aromatic carbocycles. The van der Waals surface area contributed by atoms with Crippen LogP contribution >= 0.6 is 0 Å². The molecule has 0 radical (unpaired) electrons. The van der Waals surface area contributed by atoms with Gasteiger partial charge in [-0.2, -0.15) is 0 Å². The highest BCUT2D eigenvalue weighted by atomic mass is 16.1. The van der Waals surface area contributed by atoms with E-state index < -0.39 is 0 Å². The number of para-hydroxylation sites is 1. The van der Waals surface area contributed by atoms with Crippen LogP contribution < -0.4 is 5.32 Å². The van der Waals surface area contributed by atoms with E-state index in [0.717, 1.165) is 33.3 Å². The molecule has 3 nitrogen and oxygen atoms in total. The zero-order chi connectivity index (χ0) is 20.4. The predicted octanol–water partition coefficient (Wildman–Crippen LogP) is 6.01. The maximum absolute atomic E-state index is 13.2. The first-order valence-electron chi connectivity index (χ1n) is 9.86. The van der Waals surface area contributed by atoms with Crippen molar-refractivity contribution in [2.24, 2.45) is 0 Å². The van der Waals surface area contributed by atoms with Gasteiger partial charge in [0.15, 0.2) is 0 Å². The highest BCUT2D eigenvalue weighted by molar-refractivity contribution is 6.07. The summed E-state index contributed by atoms with van der Waals surface area (Å²) in [4.78, 5) is 18.1. The van der Waals surface area contributed by atoms with Crippen molar-refractivity contribution in [3.8, 4) is 11.3 Å². The number of nitrogens with zero attached hydrogens (tertiary/aromatic N) is 1. The molecular formula is C26H24N2O. The Morgan fingerprint density at radius 1 is 0.897 bits per heavy atom. The van der Waals surface area contributed by atoms with Gasteiger partial charge in [0, 0.05) is 10.9 Å². The lowest BCUT2D eigenvalue weighted by Crippen LogP contribution is -2.27. The van der Waals surface area contributed by atoms with Gasteiger partial charge >= 0.3 is 0 Å². The number of carbonyl (C=O) groups is 1. The quantitative estimate of drug-likeness (QED) is 0.471. The maximum Gasteiger partial charge on any atom is 0.252 e. The molecule has 0 fully saturated rings. The van der Waals surface area contributed by atoms with Crippen LogP contribution in [0.3, 0.4) is 0 Å². The summed E-state index contributed by atoms with van der Waals surface area (Å²) in [6.45, 7) is 6.16. The lowest BCUT2D eigenvalue weighted by atomic mass is 9.99. The minimum atomic E-state index is -0.0917. The van der Waals surface area contributed by atoms with Crippen molar-refractivity contribution in [1.82, 2.24) is 10.3 Å². The van der Waals surface area contributed by atoms with Gasteiger partial charge in [-0.05, 0) is 44.0 Å². The Hall–Kier alpha value is -3.46. The van der Waals surface area contributed by atoms with E-state index in [2.05, 4.69) is 37.4 Å². The Bertz CT molecular complexity index is 1180. The molecular weight excluding hydrogens is 356 g/mol. The fraction of sp³-hybridized carbons (Fsp3) is 0.154. The van der Waals surface area contributed by atoms with E-state index in [0.29, 0.717) is 5.56 Å². The van der Waals surface area contributed by atoms with E-state index in [9.17, 15) is 4.79 Å². The number of rotatable bonds is 4. The molecule has 0 unspecified atom stereocenters. The second-order valence-corrected chi connectivity index (χ2v) is 7.50. The standard InChI is InChI=1S/C26H24N2O/c1-17-13-14-21(18(2)15-17)25-16-23(22-11-7-8-12-24(22)28-25)26(29)27-19(3)20-9-5-4-6-10-20/h4-16,19H,1-3H3,(H,27,29)/t19-/m0/s1. The van der Waals surface area contributed by atoms with Crippen LogP contribution in [-0.4, -0.2) is 10.9 Å². The number of amides is 1. The SMILES string of the molecule is Cc1ccc(-c2cc(C(=O)N[C@@H](C)c3ccccc3)c3ccccc3n2)c(C)c1. The predicted molar refractivity (Wildman–Crippen MR) is 119 cm³/mol. The monoisotopic (exact) mass is 380 g/mol. The number of benzene rings is 3. The van der Waals surface area contributed by atoms with Crippen molar-refractivity contribution in [2.75, 3.05) is 0 Å². The van der Waals surface area contributed by atoms with Crippen LogP contribution in [-0.2, 0) is 0 Å². The highest BCUT2D eigenvalue weighted by Crippen LogP contribution is 2.28. The van der Waals surface area contributed by atoms with Crippen molar-refractivity contribution in [1.29, 1.82) is 0 Å². The third kappa shape index (κ3) is 3.90. The molecule has 1 amide bonds. The van der Waals surface area contributed by atoms with Gasteiger partial charge in [-0.3, -0.25) is 4.79 Å². The summed E-state index contributed by atoms with van der Waals surface area (Å²) < 4.78 is 0. The number of fused-ring (bicyclic) bond motifs is 1. The molecule has 144 valence electrons. The molecule has 1 N–H and O–H groups in total. The van der Waals surface area contributed by atoms with E-state index >= 15 is 0 Å². The molecule has 4 rings (SSSR count). The average Bonchev–Trinajstić information content (AvgIpc) is 2.73. The summed E-state index contributed by atoms with van der Waals surface area (Å²) in [5.41, 5.74) is 6.77. The van der Waals surface area contributed by atoms with Crippen LogP contribution in [0.2, 0.25) is 0 Å². The van der Waals surface area contributed by atoms with Gasteiger partial charge < -0.3 is 5.32 Å². The Kier molecular flexibility index (Phi) is 5.13. The van der Waals surface area contributed by atoms with Crippen molar-refractivity contribution >= 4 is 16.8 Å². The lowest BCUT2D eigenvalue weighted by molar-refractivity contribution is 0.0941. The summed E-state index contributed by atoms with van der Waals surface area (Å²) in [5.74, 6) is -0.0917. The third-order valence-electron chi connectivity index (χ3n) is 5.27. The molecule has 0 bridgehead atoms. The summed E-state index contributed by atoms with van der Waals surface area (Å²) in [6.07, 6.45) is 0. The van der Waals surface area contributed by atoms with Crippen LogP contribution in [0.25, 0.3) is 22.2 Å². The fourth-order valence-corrected chi connectivity index (χ4v) is 3.70. The molecule has 1 atom stereocenters. The van der Waals surface area contributed by atoms with Crippen molar-refractivity contribution < 1.29 is 4.79 Å². The van der Waals surface area contributed by atoms with Gasteiger partial charge in [-0.1, -0.05) is 72.3 Å². The number of carbonyl (C=O) groups excluding carboxylic acids is 1. The number of pyridine rings is 1. The zero-order valence-corrected chi connectivity index (χ0v) is 16.9. The number of hydrogen-bond acceptors (Lipinski definition) is 2. The van der Waals surface area contributed by atoms with Crippen LogP contribution in [0, 0.1) is 13.8 Å². The first kappa shape index (κ1) is 18.9. The second-order valence-electron chi connectivity index (χ2n) is 7.50. The molecule has 0 aliphatic rings. The van der Waals surface area contributed by atoms with E-state index in [4.69, 9.17) is 4.98 Å². The molecule has 4 aromatic rings. The highest BCUT2D eigenvalue weighted by Gasteiger charge is 2.17. The molecule has 1 heterocycles. The van der Waals surface area contributed by atoms with Gasteiger partial charge in [0.2, 0.25) is 0 Å². The second kappa shape index (κ2) is 7.88. The van der Waals surface area contributed by atoms with Crippen molar-refractivity contribution in [2.45, 2.75) is 26.8 Å².